The molecule has 1 atom stereocenters. The third-order valence-electron chi connectivity index (χ3n) is 2.60. The molecule has 0 aliphatic rings. The van der Waals surface area contributed by atoms with E-state index in [1.54, 1.807) is 13.8 Å². The van der Waals surface area contributed by atoms with Gasteiger partial charge in [0.15, 0.2) is 17.6 Å². The van der Waals surface area contributed by atoms with E-state index in [0.717, 1.165) is 0 Å². The fourth-order valence-electron chi connectivity index (χ4n) is 1.58. The summed E-state index contributed by atoms with van der Waals surface area (Å²) < 4.78 is 15.5. The summed E-state index contributed by atoms with van der Waals surface area (Å²) in [5, 5.41) is 8.91. The summed E-state index contributed by atoms with van der Waals surface area (Å²) in [6.45, 7) is 3.78. The Morgan fingerprint density at radius 2 is 1.95 bits per heavy atom. The van der Waals surface area contributed by atoms with Gasteiger partial charge in [0.2, 0.25) is 0 Å². The molecular weight excluding hydrogens is 264 g/mol. The van der Waals surface area contributed by atoms with Gasteiger partial charge in [0.25, 0.3) is 0 Å². The van der Waals surface area contributed by atoms with Crippen molar-refractivity contribution in [2.24, 2.45) is 0 Å². The highest BCUT2D eigenvalue weighted by atomic mass is 16.6. The topological polar surface area (TPSA) is 82.1 Å². The van der Waals surface area contributed by atoms with Crippen LogP contribution in [-0.2, 0) is 9.53 Å². The fraction of sp³-hybridized carbons (Fsp3) is 0.429. The summed E-state index contributed by atoms with van der Waals surface area (Å²) in [5.41, 5.74) is 0.0818. The van der Waals surface area contributed by atoms with E-state index in [1.807, 2.05) is 0 Å². The van der Waals surface area contributed by atoms with Gasteiger partial charge >= 0.3 is 11.9 Å². The molecular formula is C14H18O6. The molecule has 0 aliphatic heterocycles. The normalized spacial score (nSPS) is 11.6. The van der Waals surface area contributed by atoms with Crippen molar-refractivity contribution < 1.29 is 28.9 Å². The van der Waals surface area contributed by atoms with E-state index >= 15 is 0 Å². The van der Waals surface area contributed by atoms with E-state index in [9.17, 15) is 9.59 Å². The van der Waals surface area contributed by atoms with Crippen LogP contribution in [0.4, 0.5) is 0 Å². The van der Waals surface area contributed by atoms with Crippen molar-refractivity contribution in [1.82, 2.24) is 0 Å². The van der Waals surface area contributed by atoms with E-state index < -0.39 is 18.0 Å². The highest BCUT2D eigenvalue weighted by Gasteiger charge is 2.21. The Labute approximate surface area is 117 Å². The number of methoxy groups -OCH3 is 1. The van der Waals surface area contributed by atoms with Gasteiger partial charge in [0.1, 0.15) is 0 Å². The zero-order valence-electron chi connectivity index (χ0n) is 11.7. The predicted octanol–water partition coefficient (Wildman–Crippen LogP) is 2.11. The Balaban J connectivity index is 2.95. The summed E-state index contributed by atoms with van der Waals surface area (Å²) in [4.78, 5) is 22.6. The highest BCUT2D eigenvalue weighted by Crippen LogP contribution is 2.29. The van der Waals surface area contributed by atoms with E-state index in [2.05, 4.69) is 0 Å². The lowest BCUT2D eigenvalue weighted by atomic mass is 10.2. The Morgan fingerprint density at radius 3 is 2.45 bits per heavy atom. The van der Waals surface area contributed by atoms with Crippen molar-refractivity contribution >= 4 is 11.9 Å². The first kappa shape index (κ1) is 15.8. The van der Waals surface area contributed by atoms with E-state index in [0.29, 0.717) is 12.2 Å². The second-order valence-electron chi connectivity index (χ2n) is 3.94. The number of esters is 1. The smallest absolute Gasteiger partial charge is 0.347 e. The number of carbonyl (C=O) groups is 2. The number of carboxylic acid groups (broad SMARTS) is 1. The van der Waals surface area contributed by atoms with Crippen LogP contribution in [0.3, 0.4) is 0 Å². The molecule has 0 bridgehead atoms. The predicted molar refractivity (Wildman–Crippen MR) is 71.3 cm³/mol. The van der Waals surface area contributed by atoms with Gasteiger partial charge < -0.3 is 19.3 Å². The maximum absolute atomic E-state index is 11.7. The monoisotopic (exact) mass is 282 g/mol. The molecule has 1 aromatic rings. The second kappa shape index (κ2) is 7.37. The van der Waals surface area contributed by atoms with Gasteiger partial charge in [-0.2, -0.15) is 0 Å². The maximum Gasteiger partial charge on any atom is 0.347 e. The van der Waals surface area contributed by atoms with Crippen LogP contribution in [0.25, 0.3) is 0 Å². The number of rotatable bonds is 7. The minimum Gasteiger partial charge on any atom is -0.493 e. The van der Waals surface area contributed by atoms with E-state index in [1.165, 1.54) is 25.3 Å². The summed E-state index contributed by atoms with van der Waals surface area (Å²) in [7, 11) is 1.40. The van der Waals surface area contributed by atoms with Gasteiger partial charge in [-0.3, -0.25) is 0 Å². The molecule has 0 spiro atoms. The van der Waals surface area contributed by atoms with Gasteiger partial charge in [-0.15, -0.1) is 0 Å². The third-order valence-corrected chi connectivity index (χ3v) is 2.60. The Bertz CT molecular complexity index is 483. The molecule has 0 aliphatic carbocycles. The van der Waals surface area contributed by atoms with Gasteiger partial charge in [-0.1, -0.05) is 6.92 Å². The van der Waals surface area contributed by atoms with Crippen LogP contribution < -0.4 is 9.47 Å². The number of aromatic carboxylic acids is 1. The molecule has 1 aromatic carbocycles. The maximum atomic E-state index is 11.7. The number of ether oxygens (including phenoxy) is 3. The Kier molecular flexibility index (Phi) is 5.83. The molecule has 0 saturated carbocycles. The second-order valence-corrected chi connectivity index (χ2v) is 3.94. The van der Waals surface area contributed by atoms with Crippen molar-refractivity contribution in [2.75, 3.05) is 13.7 Å². The number of carbonyl (C=O) groups excluding carboxylic acids is 1. The number of benzene rings is 1. The molecule has 1 rings (SSSR count). The van der Waals surface area contributed by atoms with Crippen molar-refractivity contribution in [1.29, 1.82) is 0 Å². The van der Waals surface area contributed by atoms with E-state index in [-0.39, 0.29) is 17.9 Å². The van der Waals surface area contributed by atoms with Crippen molar-refractivity contribution in [3.63, 3.8) is 0 Å². The zero-order valence-corrected chi connectivity index (χ0v) is 11.7. The highest BCUT2D eigenvalue weighted by molar-refractivity contribution is 5.88. The minimum atomic E-state index is -1.06. The lowest BCUT2D eigenvalue weighted by Crippen LogP contribution is -2.28. The molecule has 0 saturated heterocycles. The van der Waals surface area contributed by atoms with Crippen molar-refractivity contribution in [3.05, 3.63) is 23.8 Å². The van der Waals surface area contributed by atoms with Gasteiger partial charge in [-0.25, -0.2) is 9.59 Å². The SMILES string of the molecule is CCOC(=O)C(CC)Oc1ccc(C(=O)O)cc1OC. The van der Waals surface area contributed by atoms with Gasteiger partial charge in [0, 0.05) is 0 Å². The number of carboxylic acids is 1. The van der Waals surface area contributed by atoms with Crippen LogP contribution in [0.15, 0.2) is 18.2 Å². The van der Waals surface area contributed by atoms with Crippen molar-refractivity contribution in [2.45, 2.75) is 26.4 Å². The molecule has 6 heteroatoms. The number of hydrogen-bond donors (Lipinski definition) is 1. The molecule has 20 heavy (non-hydrogen) atoms. The standard InChI is InChI=1S/C14H18O6/c1-4-10(14(17)19-5-2)20-11-7-6-9(13(15)16)8-12(11)18-3/h6-8,10H,4-5H2,1-3H3,(H,15,16). The lowest BCUT2D eigenvalue weighted by Gasteiger charge is -2.18. The average molecular weight is 282 g/mol. The van der Waals surface area contributed by atoms with Crippen LogP contribution in [0, 0.1) is 0 Å². The first-order chi connectivity index (χ1) is 9.53. The quantitative estimate of drug-likeness (QED) is 0.771. The Hall–Kier alpha value is -2.24. The molecule has 110 valence electrons. The third kappa shape index (κ3) is 3.88. The summed E-state index contributed by atoms with van der Waals surface area (Å²) in [5.74, 6) is -0.961. The van der Waals surface area contributed by atoms with E-state index in [4.69, 9.17) is 19.3 Å². The van der Waals surface area contributed by atoms with Crippen molar-refractivity contribution in [3.8, 4) is 11.5 Å². The largest absolute Gasteiger partial charge is 0.493 e. The Morgan fingerprint density at radius 1 is 1.25 bits per heavy atom. The lowest BCUT2D eigenvalue weighted by molar-refractivity contribution is -0.151. The molecule has 0 heterocycles. The molecule has 0 radical (unpaired) electrons. The molecule has 0 amide bonds. The first-order valence-electron chi connectivity index (χ1n) is 6.28. The zero-order chi connectivity index (χ0) is 15.1. The van der Waals surface area contributed by atoms with Crippen LogP contribution in [0.1, 0.15) is 30.6 Å². The molecule has 6 nitrogen and oxygen atoms in total. The molecule has 1 N–H and O–H groups in total. The van der Waals surface area contributed by atoms with Crippen LogP contribution in [-0.4, -0.2) is 36.9 Å². The molecule has 1 unspecified atom stereocenters. The average Bonchev–Trinajstić information content (AvgIpc) is 2.44. The molecule has 0 fully saturated rings. The summed E-state index contributed by atoms with van der Waals surface area (Å²) >= 11 is 0. The fourth-order valence-corrected chi connectivity index (χ4v) is 1.58. The summed E-state index contributed by atoms with van der Waals surface area (Å²) in [6, 6.07) is 4.19. The summed E-state index contributed by atoms with van der Waals surface area (Å²) in [6.07, 6.45) is -0.317. The van der Waals surface area contributed by atoms with Crippen LogP contribution in [0.5, 0.6) is 11.5 Å². The molecule has 0 aromatic heterocycles. The van der Waals surface area contributed by atoms with Gasteiger partial charge in [-0.05, 0) is 31.5 Å². The first-order valence-corrected chi connectivity index (χ1v) is 6.28. The van der Waals surface area contributed by atoms with Crippen LogP contribution >= 0.6 is 0 Å². The number of hydrogen-bond acceptors (Lipinski definition) is 5. The van der Waals surface area contributed by atoms with Crippen LogP contribution in [0.2, 0.25) is 0 Å². The van der Waals surface area contributed by atoms with Gasteiger partial charge in [0.05, 0.1) is 19.3 Å². The minimum absolute atomic E-state index is 0.0818.